The minimum atomic E-state index is 0.658. The molecule has 2 aliphatic rings. The molecule has 1 atom stereocenters. The van der Waals surface area contributed by atoms with E-state index < -0.39 is 0 Å². The van der Waals surface area contributed by atoms with Gasteiger partial charge in [-0.1, -0.05) is 48.5 Å². The van der Waals surface area contributed by atoms with Gasteiger partial charge in [-0.05, 0) is 36.6 Å². The number of likely N-dealkylation sites (N-methyl/N-ethyl adjacent to an activating group) is 1. The molecule has 3 heteroatoms. The highest BCUT2D eigenvalue weighted by molar-refractivity contribution is 5.61. The van der Waals surface area contributed by atoms with Gasteiger partial charge in [0, 0.05) is 44.5 Å². The van der Waals surface area contributed by atoms with Crippen LogP contribution in [-0.4, -0.2) is 42.5 Å². The van der Waals surface area contributed by atoms with E-state index in [0.29, 0.717) is 6.04 Å². The van der Waals surface area contributed by atoms with Crippen LogP contribution in [0.15, 0.2) is 48.5 Å². The fourth-order valence-electron chi connectivity index (χ4n) is 4.10. The number of anilines is 1. The average molecular weight is 321 g/mol. The van der Waals surface area contributed by atoms with Gasteiger partial charge < -0.3 is 5.32 Å². The topological polar surface area (TPSA) is 18.5 Å². The second-order valence-corrected chi connectivity index (χ2v) is 7.21. The van der Waals surface area contributed by atoms with Gasteiger partial charge in [-0.15, -0.1) is 0 Å². The Labute approximate surface area is 145 Å². The first kappa shape index (κ1) is 15.7. The zero-order valence-electron chi connectivity index (χ0n) is 14.5. The predicted octanol–water partition coefficient (Wildman–Crippen LogP) is 3.36. The highest BCUT2D eigenvalue weighted by Crippen LogP contribution is 2.28. The Balaban J connectivity index is 1.36. The van der Waals surface area contributed by atoms with E-state index in [1.165, 1.54) is 48.3 Å². The maximum absolute atomic E-state index is 3.57. The number of para-hydroxylation sites is 1. The van der Waals surface area contributed by atoms with Crippen molar-refractivity contribution in [3.05, 3.63) is 65.2 Å². The van der Waals surface area contributed by atoms with Crippen LogP contribution in [0.5, 0.6) is 0 Å². The van der Waals surface area contributed by atoms with Gasteiger partial charge in [-0.2, -0.15) is 0 Å². The molecule has 2 aromatic carbocycles. The molecular formula is C21H27N3. The Morgan fingerprint density at radius 3 is 2.88 bits per heavy atom. The molecule has 0 bridgehead atoms. The number of nitrogens with one attached hydrogen (secondary N) is 1. The summed E-state index contributed by atoms with van der Waals surface area (Å²) < 4.78 is 0. The van der Waals surface area contributed by atoms with Crippen LogP contribution in [-0.2, 0) is 19.5 Å². The summed E-state index contributed by atoms with van der Waals surface area (Å²) in [6.45, 7) is 5.58. The molecule has 0 saturated carbocycles. The van der Waals surface area contributed by atoms with Crippen LogP contribution in [0, 0.1) is 0 Å². The average Bonchev–Trinajstić information content (AvgIpc) is 3.25. The standard InChI is InChI=1S/C21H27N3/c1-23(15-19-9-5-8-18-10-12-22-21(18)19)20-11-13-24(16-20)14-17-6-3-2-4-7-17/h2-9,20,22H,10-16H2,1H3. The molecule has 0 aliphatic carbocycles. The number of benzene rings is 2. The summed E-state index contributed by atoms with van der Waals surface area (Å²) in [6, 6.07) is 18.2. The van der Waals surface area contributed by atoms with Crippen molar-refractivity contribution in [2.24, 2.45) is 0 Å². The van der Waals surface area contributed by atoms with Gasteiger partial charge >= 0.3 is 0 Å². The van der Waals surface area contributed by atoms with Gasteiger partial charge in [0.2, 0.25) is 0 Å². The van der Waals surface area contributed by atoms with Crippen LogP contribution in [0.2, 0.25) is 0 Å². The first-order valence-corrected chi connectivity index (χ1v) is 9.11. The minimum absolute atomic E-state index is 0.658. The van der Waals surface area contributed by atoms with Crippen LogP contribution >= 0.6 is 0 Å². The van der Waals surface area contributed by atoms with E-state index in [1.807, 2.05) is 0 Å². The molecule has 1 unspecified atom stereocenters. The Kier molecular flexibility index (Phi) is 4.54. The predicted molar refractivity (Wildman–Crippen MR) is 100 cm³/mol. The summed E-state index contributed by atoms with van der Waals surface area (Å²) in [5, 5.41) is 3.57. The minimum Gasteiger partial charge on any atom is -0.384 e. The normalized spacial score (nSPS) is 20.3. The monoisotopic (exact) mass is 321 g/mol. The second kappa shape index (κ2) is 6.96. The summed E-state index contributed by atoms with van der Waals surface area (Å²) in [5.41, 5.74) is 5.75. The van der Waals surface area contributed by atoms with Crippen LogP contribution in [0.1, 0.15) is 23.1 Å². The third kappa shape index (κ3) is 3.33. The largest absolute Gasteiger partial charge is 0.384 e. The number of nitrogens with zero attached hydrogens (tertiary/aromatic N) is 2. The van der Waals surface area contributed by atoms with Gasteiger partial charge in [0.1, 0.15) is 0 Å². The SMILES string of the molecule is CN(Cc1cccc2c1NCC2)C1CCN(Cc2ccccc2)C1. The summed E-state index contributed by atoms with van der Waals surface area (Å²) in [6.07, 6.45) is 2.44. The summed E-state index contributed by atoms with van der Waals surface area (Å²) in [4.78, 5) is 5.13. The van der Waals surface area contributed by atoms with Gasteiger partial charge in [0.05, 0.1) is 0 Å². The Morgan fingerprint density at radius 2 is 2.00 bits per heavy atom. The molecule has 0 aromatic heterocycles. The molecule has 2 aliphatic heterocycles. The first-order chi connectivity index (χ1) is 11.8. The van der Waals surface area contributed by atoms with E-state index in [-0.39, 0.29) is 0 Å². The van der Waals surface area contributed by atoms with Crippen molar-refractivity contribution in [1.29, 1.82) is 0 Å². The highest BCUT2D eigenvalue weighted by Gasteiger charge is 2.26. The van der Waals surface area contributed by atoms with Crippen molar-refractivity contribution in [2.45, 2.75) is 32.0 Å². The molecular weight excluding hydrogens is 294 g/mol. The van der Waals surface area contributed by atoms with E-state index in [9.17, 15) is 0 Å². The van der Waals surface area contributed by atoms with Crippen molar-refractivity contribution in [3.8, 4) is 0 Å². The van der Waals surface area contributed by atoms with Gasteiger partial charge in [-0.3, -0.25) is 9.80 Å². The maximum atomic E-state index is 3.57. The van der Waals surface area contributed by atoms with E-state index in [0.717, 1.165) is 19.6 Å². The lowest BCUT2D eigenvalue weighted by Gasteiger charge is -2.26. The summed E-state index contributed by atoms with van der Waals surface area (Å²) >= 11 is 0. The lowest BCUT2D eigenvalue weighted by molar-refractivity contribution is 0.223. The molecule has 1 saturated heterocycles. The summed E-state index contributed by atoms with van der Waals surface area (Å²) in [5.74, 6) is 0. The number of rotatable bonds is 5. The molecule has 2 heterocycles. The van der Waals surface area contributed by atoms with Crippen LogP contribution in [0.25, 0.3) is 0 Å². The Hall–Kier alpha value is -1.84. The van der Waals surface area contributed by atoms with Gasteiger partial charge in [0.25, 0.3) is 0 Å². The van der Waals surface area contributed by atoms with E-state index in [1.54, 1.807) is 0 Å². The fourth-order valence-corrected chi connectivity index (χ4v) is 4.10. The number of fused-ring (bicyclic) bond motifs is 1. The summed E-state index contributed by atoms with van der Waals surface area (Å²) in [7, 11) is 2.28. The zero-order chi connectivity index (χ0) is 16.4. The molecule has 3 nitrogen and oxygen atoms in total. The quantitative estimate of drug-likeness (QED) is 0.911. The van der Waals surface area contributed by atoms with Gasteiger partial charge in [0.15, 0.2) is 0 Å². The molecule has 4 rings (SSSR count). The van der Waals surface area contributed by atoms with Crippen molar-refractivity contribution in [1.82, 2.24) is 9.80 Å². The smallest absolute Gasteiger partial charge is 0.0419 e. The lowest BCUT2D eigenvalue weighted by atomic mass is 10.1. The highest BCUT2D eigenvalue weighted by atomic mass is 15.2. The van der Waals surface area contributed by atoms with Crippen molar-refractivity contribution < 1.29 is 0 Å². The Morgan fingerprint density at radius 1 is 1.12 bits per heavy atom. The molecule has 2 aromatic rings. The molecule has 1 fully saturated rings. The van der Waals surface area contributed by atoms with Gasteiger partial charge in [-0.25, -0.2) is 0 Å². The zero-order valence-corrected chi connectivity index (χ0v) is 14.5. The first-order valence-electron chi connectivity index (χ1n) is 9.11. The van der Waals surface area contributed by atoms with E-state index >= 15 is 0 Å². The van der Waals surface area contributed by atoms with Crippen LogP contribution in [0.4, 0.5) is 5.69 Å². The van der Waals surface area contributed by atoms with Crippen LogP contribution < -0.4 is 5.32 Å². The van der Waals surface area contributed by atoms with Crippen molar-refractivity contribution in [2.75, 3.05) is 32.0 Å². The molecule has 126 valence electrons. The second-order valence-electron chi connectivity index (χ2n) is 7.21. The molecule has 24 heavy (non-hydrogen) atoms. The lowest BCUT2D eigenvalue weighted by Crippen LogP contribution is -2.34. The third-order valence-corrected chi connectivity index (χ3v) is 5.47. The van der Waals surface area contributed by atoms with E-state index in [4.69, 9.17) is 0 Å². The number of hydrogen-bond donors (Lipinski definition) is 1. The fraction of sp³-hybridized carbons (Fsp3) is 0.429. The molecule has 0 amide bonds. The Bertz CT molecular complexity index is 683. The van der Waals surface area contributed by atoms with E-state index in [2.05, 4.69) is 70.7 Å². The van der Waals surface area contributed by atoms with Crippen molar-refractivity contribution >= 4 is 5.69 Å². The third-order valence-electron chi connectivity index (χ3n) is 5.47. The van der Waals surface area contributed by atoms with Crippen molar-refractivity contribution in [3.63, 3.8) is 0 Å². The van der Waals surface area contributed by atoms with Crippen LogP contribution in [0.3, 0.4) is 0 Å². The molecule has 0 radical (unpaired) electrons. The number of hydrogen-bond acceptors (Lipinski definition) is 3. The maximum Gasteiger partial charge on any atom is 0.0419 e. The molecule has 1 N–H and O–H groups in total. The number of likely N-dealkylation sites (tertiary alicyclic amines) is 1. The molecule has 0 spiro atoms.